The average molecular weight is 436 g/mol. The molecule has 0 aromatic heterocycles. The van der Waals surface area contributed by atoms with E-state index in [2.05, 4.69) is 10.6 Å². The molecule has 0 radical (unpaired) electrons. The van der Waals surface area contributed by atoms with Crippen molar-refractivity contribution in [3.63, 3.8) is 0 Å². The molecule has 0 aliphatic carbocycles. The summed E-state index contributed by atoms with van der Waals surface area (Å²) in [6.45, 7) is 1.33. The Labute approximate surface area is 183 Å². The number of urea groups is 1. The van der Waals surface area contributed by atoms with Gasteiger partial charge in [-0.2, -0.15) is 0 Å². The van der Waals surface area contributed by atoms with E-state index in [1.54, 1.807) is 36.4 Å². The van der Waals surface area contributed by atoms with E-state index < -0.39 is 24.0 Å². The lowest BCUT2D eigenvalue weighted by molar-refractivity contribution is -0.128. The van der Waals surface area contributed by atoms with Crippen LogP contribution in [-0.2, 0) is 25.7 Å². The first-order valence-electron chi connectivity index (χ1n) is 9.92. The molecule has 2 aliphatic rings. The van der Waals surface area contributed by atoms with Crippen molar-refractivity contribution < 1.29 is 28.7 Å². The molecule has 164 valence electrons. The number of nitrogens with one attached hydrogen (secondary N) is 2. The molecule has 0 saturated carbocycles. The summed E-state index contributed by atoms with van der Waals surface area (Å²) in [5.41, 5.74) is 1.91. The molecule has 1 fully saturated rings. The normalized spacial score (nSPS) is 16.2. The zero-order chi connectivity index (χ0) is 22.8. The van der Waals surface area contributed by atoms with E-state index in [4.69, 9.17) is 4.74 Å². The van der Waals surface area contributed by atoms with E-state index in [0.29, 0.717) is 16.9 Å². The zero-order valence-electron chi connectivity index (χ0n) is 17.2. The number of nitrogens with zero attached hydrogens (tertiary/aromatic N) is 2. The second kappa shape index (κ2) is 8.50. The quantitative estimate of drug-likeness (QED) is 0.537. The fraction of sp³-hybridized carbons (Fsp3) is 0.227. The van der Waals surface area contributed by atoms with Crippen LogP contribution in [0.25, 0.3) is 0 Å². The number of para-hydroxylation sites is 2. The van der Waals surface area contributed by atoms with Gasteiger partial charge in [-0.25, -0.2) is 9.59 Å². The monoisotopic (exact) mass is 436 g/mol. The van der Waals surface area contributed by atoms with Crippen LogP contribution in [0.1, 0.15) is 22.8 Å². The third-order valence-electron chi connectivity index (χ3n) is 5.14. The van der Waals surface area contributed by atoms with Gasteiger partial charge < -0.3 is 15.4 Å². The first-order chi connectivity index (χ1) is 15.3. The number of carbonyl (C=O) groups excluding carboxylic acids is 5. The highest BCUT2D eigenvalue weighted by Crippen LogP contribution is 2.29. The lowest BCUT2D eigenvalue weighted by Crippen LogP contribution is -2.47. The zero-order valence-corrected chi connectivity index (χ0v) is 17.2. The molecule has 1 saturated heterocycles. The molecule has 1 atom stereocenters. The van der Waals surface area contributed by atoms with Crippen LogP contribution < -0.4 is 15.5 Å². The molecule has 2 heterocycles. The van der Waals surface area contributed by atoms with E-state index >= 15 is 0 Å². The number of benzene rings is 2. The number of carbonyl (C=O) groups is 5. The van der Waals surface area contributed by atoms with Crippen molar-refractivity contribution in [2.45, 2.75) is 19.6 Å². The Morgan fingerprint density at radius 1 is 1.06 bits per heavy atom. The molecule has 5 amide bonds. The van der Waals surface area contributed by atoms with Crippen molar-refractivity contribution in [1.29, 1.82) is 0 Å². The standard InChI is InChI=1S/C22H20N4O6/c1-13(20(29)25-12-18(27)24-16-4-2-3-5-17(16)25)32-21(30)15-8-6-14(7-9-15)11-26-19(28)10-23-22(26)31/h2-9,13H,10-12H2,1H3,(H,23,31)(H,24,27). The van der Waals surface area contributed by atoms with Gasteiger partial charge in [0.15, 0.2) is 6.10 Å². The fourth-order valence-electron chi connectivity index (χ4n) is 3.47. The van der Waals surface area contributed by atoms with E-state index in [-0.39, 0.29) is 37.0 Å². The molecule has 2 aliphatic heterocycles. The van der Waals surface area contributed by atoms with Gasteiger partial charge in [0, 0.05) is 0 Å². The topological polar surface area (TPSA) is 125 Å². The molecule has 4 rings (SSSR count). The van der Waals surface area contributed by atoms with Crippen LogP contribution in [0.3, 0.4) is 0 Å². The highest BCUT2D eigenvalue weighted by atomic mass is 16.5. The third-order valence-corrected chi connectivity index (χ3v) is 5.14. The Morgan fingerprint density at radius 3 is 2.47 bits per heavy atom. The number of fused-ring (bicyclic) bond motifs is 1. The Kier molecular flexibility index (Phi) is 5.59. The molecule has 2 N–H and O–H groups in total. The highest BCUT2D eigenvalue weighted by molar-refractivity contribution is 6.11. The van der Waals surface area contributed by atoms with Gasteiger partial charge in [-0.3, -0.25) is 24.2 Å². The minimum Gasteiger partial charge on any atom is -0.449 e. The van der Waals surface area contributed by atoms with Crippen LogP contribution in [0, 0.1) is 0 Å². The fourth-order valence-corrected chi connectivity index (χ4v) is 3.47. The molecule has 32 heavy (non-hydrogen) atoms. The number of rotatable bonds is 5. The molecular formula is C22H20N4O6. The molecule has 0 spiro atoms. The second-order valence-corrected chi connectivity index (χ2v) is 7.37. The van der Waals surface area contributed by atoms with Gasteiger partial charge in [0.1, 0.15) is 6.54 Å². The summed E-state index contributed by atoms with van der Waals surface area (Å²) < 4.78 is 5.32. The number of hydrogen-bond donors (Lipinski definition) is 2. The predicted octanol–water partition coefficient (Wildman–Crippen LogP) is 1.27. The largest absolute Gasteiger partial charge is 0.449 e. The van der Waals surface area contributed by atoms with E-state index in [0.717, 1.165) is 4.90 Å². The SMILES string of the molecule is CC(OC(=O)c1ccc(CN2C(=O)CNC2=O)cc1)C(=O)N1CC(=O)Nc2ccccc21. The molecule has 2 aromatic rings. The summed E-state index contributed by atoms with van der Waals surface area (Å²) in [5.74, 6) is -1.88. The summed E-state index contributed by atoms with van der Waals surface area (Å²) in [4.78, 5) is 63.0. The highest BCUT2D eigenvalue weighted by Gasteiger charge is 2.32. The van der Waals surface area contributed by atoms with Crippen molar-refractivity contribution in [2.75, 3.05) is 23.3 Å². The van der Waals surface area contributed by atoms with Crippen molar-refractivity contribution in [3.8, 4) is 0 Å². The van der Waals surface area contributed by atoms with Crippen LogP contribution in [-0.4, -0.2) is 53.8 Å². The smallest absolute Gasteiger partial charge is 0.338 e. The first-order valence-corrected chi connectivity index (χ1v) is 9.92. The van der Waals surface area contributed by atoms with Crippen molar-refractivity contribution in [2.24, 2.45) is 0 Å². The average Bonchev–Trinajstić information content (AvgIpc) is 3.10. The van der Waals surface area contributed by atoms with Crippen LogP contribution >= 0.6 is 0 Å². The van der Waals surface area contributed by atoms with Gasteiger partial charge in [0.25, 0.3) is 5.91 Å². The molecule has 0 bridgehead atoms. The molecule has 1 unspecified atom stereocenters. The number of esters is 1. The van der Waals surface area contributed by atoms with E-state index in [1.807, 2.05) is 0 Å². The Bertz CT molecular complexity index is 1100. The van der Waals surface area contributed by atoms with Crippen molar-refractivity contribution in [1.82, 2.24) is 10.2 Å². The molecule has 10 heteroatoms. The minimum absolute atomic E-state index is 0.0295. The maximum atomic E-state index is 12.9. The van der Waals surface area contributed by atoms with Gasteiger partial charge in [-0.05, 0) is 36.8 Å². The summed E-state index contributed by atoms with van der Waals surface area (Å²) in [6, 6.07) is 12.6. The summed E-state index contributed by atoms with van der Waals surface area (Å²) >= 11 is 0. The predicted molar refractivity (Wildman–Crippen MR) is 113 cm³/mol. The lowest BCUT2D eigenvalue weighted by Gasteiger charge is -2.30. The van der Waals surface area contributed by atoms with Crippen LogP contribution in [0.4, 0.5) is 16.2 Å². The molecular weight excluding hydrogens is 416 g/mol. The van der Waals surface area contributed by atoms with E-state index in [1.165, 1.54) is 24.0 Å². The van der Waals surface area contributed by atoms with Gasteiger partial charge in [-0.15, -0.1) is 0 Å². The Hall–Kier alpha value is -4.21. The number of amides is 5. The molecule has 10 nitrogen and oxygen atoms in total. The maximum absolute atomic E-state index is 12.9. The van der Waals surface area contributed by atoms with Crippen LogP contribution in [0.15, 0.2) is 48.5 Å². The van der Waals surface area contributed by atoms with Crippen molar-refractivity contribution >= 4 is 41.1 Å². The van der Waals surface area contributed by atoms with Gasteiger partial charge in [0.05, 0.1) is 30.0 Å². The van der Waals surface area contributed by atoms with Crippen molar-refractivity contribution in [3.05, 3.63) is 59.7 Å². The van der Waals surface area contributed by atoms with Crippen LogP contribution in [0.5, 0.6) is 0 Å². The number of hydrogen-bond acceptors (Lipinski definition) is 6. The number of imide groups is 1. The summed E-state index contributed by atoms with van der Waals surface area (Å²) in [5, 5.41) is 5.14. The first kappa shape index (κ1) is 21.0. The Balaban J connectivity index is 1.40. The summed E-state index contributed by atoms with van der Waals surface area (Å²) in [6.07, 6.45) is -1.12. The van der Waals surface area contributed by atoms with E-state index in [9.17, 15) is 24.0 Å². The lowest BCUT2D eigenvalue weighted by atomic mass is 10.1. The molecule has 2 aromatic carbocycles. The van der Waals surface area contributed by atoms with Gasteiger partial charge in [-0.1, -0.05) is 24.3 Å². The van der Waals surface area contributed by atoms with Crippen LogP contribution in [0.2, 0.25) is 0 Å². The maximum Gasteiger partial charge on any atom is 0.338 e. The second-order valence-electron chi connectivity index (χ2n) is 7.37. The Morgan fingerprint density at radius 2 is 1.78 bits per heavy atom. The minimum atomic E-state index is -1.12. The third kappa shape index (κ3) is 4.15. The number of anilines is 2. The number of ether oxygens (including phenoxy) is 1. The summed E-state index contributed by atoms with van der Waals surface area (Å²) in [7, 11) is 0. The van der Waals surface area contributed by atoms with Gasteiger partial charge >= 0.3 is 12.0 Å². The van der Waals surface area contributed by atoms with Gasteiger partial charge in [0.2, 0.25) is 11.8 Å².